The molecule has 134 valence electrons. The third-order valence-electron chi connectivity index (χ3n) is 4.03. The van der Waals surface area contributed by atoms with Crippen molar-refractivity contribution in [1.82, 2.24) is 4.90 Å². The zero-order valence-electron chi connectivity index (χ0n) is 15.8. The Morgan fingerprint density at radius 1 is 1.00 bits per heavy atom. The number of hydrogen-bond acceptors (Lipinski definition) is 2. The molecule has 0 saturated carbocycles. The van der Waals surface area contributed by atoms with Gasteiger partial charge in [-0.25, -0.2) is 0 Å². The average Bonchev–Trinajstić information content (AvgIpc) is 2.54. The molecule has 0 heterocycles. The van der Waals surface area contributed by atoms with Crippen molar-refractivity contribution >= 4 is 17.5 Å². The average molecular weight is 332 g/mol. The van der Waals surface area contributed by atoms with Crippen molar-refractivity contribution in [2.75, 3.05) is 18.4 Å². The minimum Gasteiger partial charge on any atom is -0.334 e. The molecule has 0 aliphatic rings. The summed E-state index contributed by atoms with van der Waals surface area (Å²) < 4.78 is 0. The fourth-order valence-electron chi connectivity index (χ4n) is 2.58. The highest BCUT2D eigenvalue weighted by Crippen LogP contribution is 2.29. The first-order chi connectivity index (χ1) is 11.3. The van der Waals surface area contributed by atoms with Gasteiger partial charge >= 0.3 is 11.8 Å². The first kappa shape index (κ1) is 20.2. The summed E-state index contributed by atoms with van der Waals surface area (Å²) in [6, 6.07) is 7.67. The number of rotatable bonds is 7. The maximum Gasteiger partial charge on any atom is 0.313 e. The number of para-hydroxylation sites is 1. The van der Waals surface area contributed by atoms with Gasteiger partial charge in [0.15, 0.2) is 0 Å². The third kappa shape index (κ3) is 5.99. The molecule has 0 radical (unpaired) electrons. The Labute approximate surface area is 146 Å². The van der Waals surface area contributed by atoms with E-state index in [1.54, 1.807) is 4.90 Å². The summed E-state index contributed by atoms with van der Waals surface area (Å²) in [5, 5.41) is 2.82. The molecule has 0 saturated heterocycles. The van der Waals surface area contributed by atoms with Crippen LogP contribution in [0.3, 0.4) is 0 Å². The second-order valence-corrected chi connectivity index (χ2v) is 7.25. The van der Waals surface area contributed by atoms with E-state index in [1.807, 2.05) is 24.3 Å². The fraction of sp³-hybridized carbons (Fsp3) is 0.600. The summed E-state index contributed by atoms with van der Waals surface area (Å²) >= 11 is 0. The zero-order valence-corrected chi connectivity index (χ0v) is 15.8. The predicted octanol–water partition coefficient (Wildman–Crippen LogP) is 4.35. The zero-order chi connectivity index (χ0) is 18.2. The Kier molecular flexibility index (Phi) is 7.96. The van der Waals surface area contributed by atoms with Crippen LogP contribution in [0.5, 0.6) is 0 Å². The van der Waals surface area contributed by atoms with Crippen LogP contribution in [0, 0.1) is 0 Å². The van der Waals surface area contributed by atoms with Crippen molar-refractivity contribution in [1.29, 1.82) is 0 Å². The lowest BCUT2D eigenvalue weighted by molar-refractivity contribution is -0.143. The molecule has 1 aromatic rings. The van der Waals surface area contributed by atoms with E-state index >= 15 is 0 Å². The third-order valence-corrected chi connectivity index (χ3v) is 4.03. The molecule has 0 spiro atoms. The van der Waals surface area contributed by atoms with Crippen LogP contribution in [0.4, 0.5) is 5.69 Å². The maximum atomic E-state index is 12.5. The van der Waals surface area contributed by atoms with E-state index in [4.69, 9.17) is 0 Å². The molecule has 0 aliphatic heterocycles. The molecule has 1 rings (SSSR count). The van der Waals surface area contributed by atoms with Gasteiger partial charge in [-0.15, -0.1) is 0 Å². The van der Waals surface area contributed by atoms with Gasteiger partial charge in [0.1, 0.15) is 0 Å². The summed E-state index contributed by atoms with van der Waals surface area (Å²) in [5.74, 6) is -0.973. The molecule has 1 N–H and O–H groups in total. The highest BCUT2D eigenvalue weighted by atomic mass is 16.2. The molecule has 1 aromatic carbocycles. The topological polar surface area (TPSA) is 49.4 Å². The number of anilines is 1. The van der Waals surface area contributed by atoms with E-state index in [0.717, 1.165) is 31.2 Å². The van der Waals surface area contributed by atoms with Crippen molar-refractivity contribution in [2.24, 2.45) is 0 Å². The summed E-state index contributed by atoms with van der Waals surface area (Å²) in [7, 11) is 0. The molecule has 0 bridgehead atoms. The van der Waals surface area contributed by atoms with E-state index in [2.05, 4.69) is 39.9 Å². The molecule has 0 atom stereocenters. The standard InChI is InChI=1S/C20H32N2O2/c1-6-8-14-22(15-9-7-2)19(24)18(23)21-17-13-11-10-12-16(17)20(3,4)5/h10-13H,6-9,14-15H2,1-5H3,(H,21,23). The Morgan fingerprint density at radius 2 is 1.54 bits per heavy atom. The molecule has 0 aromatic heterocycles. The van der Waals surface area contributed by atoms with Crippen LogP contribution in [-0.4, -0.2) is 29.8 Å². The number of benzene rings is 1. The summed E-state index contributed by atoms with van der Waals surface area (Å²) in [6.45, 7) is 11.7. The fourth-order valence-corrected chi connectivity index (χ4v) is 2.58. The van der Waals surface area contributed by atoms with Crippen LogP contribution < -0.4 is 5.32 Å². The lowest BCUT2D eigenvalue weighted by Crippen LogP contribution is -2.41. The second-order valence-electron chi connectivity index (χ2n) is 7.25. The molecule has 0 aliphatic carbocycles. The number of carbonyl (C=O) groups excluding carboxylic acids is 2. The summed E-state index contributed by atoms with van der Waals surface area (Å²) in [4.78, 5) is 26.7. The number of hydrogen-bond donors (Lipinski definition) is 1. The van der Waals surface area contributed by atoms with Crippen molar-refractivity contribution in [3.63, 3.8) is 0 Å². The minimum absolute atomic E-state index is 0.100. The maximum absolute atomic E-state index is 12.5. The van der Waals surface area contributed by atoms with E-state index < -0.39 is 11.8 Å². The van der Waals surface area contributed by atoms with Crippen LogP contribution in [-0.2, 0) is 15.0 Å². The smallest absolute Gasteiger partial charge is 0.313 e. The quantitative estimate of drug-likeness (QED) is 0.755. The SMILES string of the molecule is CCCCN(CCCC)C(=O)C(=O)Nc1ccccc1C(C)(C)C. The van der Waals surface area contributed by atoms with E-state index in [1.165, 1.54) is 0 Å². The van der Waals surface area contributed by atoms with Gasteiger partial charge < -0.3 is 10.2 Å². The second kappa shape index (κ2) is 9.45. The molecule has 24 heavy (non-hydrogen) atoms. The normalized spacial score (nSPS) is 11.2. The van der Waals surface area contributed by atoms with Gasteiger partial charge in [-0.05, 0) is 29.9 Å². The van der Waals surface area contributed by atoms with Crippen LogP contribution >= 0.6 is 0 Å². The molecular weight excluding hydrogens is 300 g/mol. The van der Waals surface area contributed by atoms with Gasteiger partial charge in [0.2, 0.25) is 0 Å². The molecule has 0 unspecified atom stereocenters. The van der Waals surface area contributed by atoms with Gasteiger partial charge in [0.05, 0.1) is 0 Å². The first-order valence-electron chi connectivity index (χ1n) is 9.01. The predicted molar refractivity (Wildman–Crippen MR) is 100 cm³/mol. The molecule has 4 nitrogen and oxygen atoms in total. The number of amides is 2. The Bertz CT molecular complexity index is 539. The molecular formula is C20H32N2O2. The van der Waals surface area contributed by atoms with Gasteiger partial charge in [-0.3, -0.25) is 9.59 Å². The van der Waals surface area contributed by atoms with E-state index in [0.29, 0.717) is 18.8 Å². The Morgan fingerprint density at radius 3 is 2.04 bits per heavy atom. The number of carbonyl (C=O) groups is 2. The van der Waals surface area contributed by atoms with Crippen molar-refractivity contribution in [3.05, 3.63) is 29.8 Å². The van der Waals surface area contributed by atoms with Gasteiger partial charge in [-0.2, -0.15) is 0 Å². The first-order valence-corrected chi connectivity index (χ1v) is 9.01. The Balaban J connectivity index is 2.87. The summed E-state index contributed by atoms with van der Waals surface area (Å²) in [5.41, 5.74) is 1.64. The van der Waals surface area contributed by atoms with Crippen molar-refractivity contribution in [2.45, 2.75) is 65.7 Å². The van der Waals surface area contributed by atoms with Crippen LogP contribution in [0.2, 0.25) is 0 Å². The minimum atomic E-state index is -0.543. The lowest BCUT2D eigenvalue weighted by Gasteiger charge is -2.24. The molecule has 2 amide bonds. The van der Waals surface area contributed by atoms with Gasteiger partial charge in [0, 0.05) is 18.8 Å². The van der Waals surface area contributed by atoms with Gasteiger partial charge in [0.25, 0.3) is 0 Å². The lowest BCUT2D eigenvalue weighted by atomic mass is 9.86. The number of nitrogens with one attached hydrogen (secondary N) is 1. The number of nitrogens with zero attached hydrogens (tertiary/aromatic N) is 1. The number of unbranched alkanes of at least 4 members (excludes halogenated alkanes) is 2. The summed E-state index contributed by atoms with van der Waals surface area (Å²) in [6.07, 6.45) is 3.84. The van der Waals surface area contributed by atoms with Crippen molar-refractivity contribution in [3.8, 4) is 0 Å². The van der Waals surface area contributed by atoms with E-state index in [9.17, 15) is 9.59 Å². The highest BCUT2D eigenvalue weighted by molar-refractivity contribution is 6.39. The molecule has 4 heteroatoms. The Hall–Kier alpha value is -1.84. The molecule has 0 fully saturated rings. The monoisotopic (exact) mass is 332 g/mol. The van der Waals surface area contributed by atoms with Crippen molar-refractivity contribution < 1.29 is 9.59 Å². The van der Waals surface area contributed by atoms with Crippen LogP contribution in [0.15, 0.2) is 24.3 Å². The van der Waals surface area contributed by atoms with E-state index in [-0.39, 0.29) is 5.41 Å². The van der Waals surface area contributed by atoms with Gasteiger partial charge in [-0.1, -0.05) is 65.7 Å². The largest absolute Gasteiger partial charge is 0.334 e. The highest BCUT2D eigenvalue weighted by Gasteiger charge is 2.24. The van der Waals surface area contributed by atoms with Crippen LogP contribution in [0.25, 0.3) is 0 Å². The van der Waals surface area contributed by atoms with Crippen LogP contribution in [0.1, 0.15) is 65.9 Å².